The highest BCUT2D eigenvalue weighted by atomic mass is 35.5. The fraction of sp³-hybridized carbons (Fsp3) is 0.556. The van der Waals surface area contributed by atoms with Crippen LogP contribution in [0, 0.1) is 0 Å². The molecule has 3 fully saturated rings. The number of benzene rings is 1. The van der Waals surface area contributed by atoms with Gasteiger partial charge in [0.05, 0.1) is 28.1 Å². The second kappa shape index (κ2) is 11.1. The molecule has 39 heavy (non-hydrogen) atoms. The van der Waals surface area contributed by atoms with Crippen molar-refractivity contribution in [2.75, 3.05) is 43.9 Å². The fourth-order valence-corrected chi connectivity index (χ4v) is 7.56. The number of fused-ring (bicyclic) bond motifs is 1. The number of methoxy groups -OCH3 is 1. The molecule has 1 aromatic carbocycles. The van der Waals surface area contributed by atoms with Crippen LogP contribution < -0.4 is 15.4 Å². The topological polar surface area (TPSA) is 115 Å². The lowest BCUT2D eigenvalue weighted by atomic mass is 9.93. The Labute approximate surface area is 234 Å². The lowest BCUT2D eigenvalue weighted by Gasteiger charge is -2.39. The summed E-state index contributed by atoms with van der Waals surface area (Å²) in [5.41, 5.74) is 1.19. The summed E-state index contributed by atoms with van der Waals surface area (Å²) in [6.07, 6.45) is 10.6. The first-order chi connectivity index (χ1) is 18.9. The van der Waals surface area contributed by atoms with Gasteiger partial charge in [0.1, 0.15) is 17.2 Å². The van der Waals surface area contributed by atoms with Crippen LogP contribution in [0.4, 0.5) is 17.5 Å². The van der Waals surface area contributed by atoms with Crippen LogP contribution in [0.5, 0.6) is 5.75 Å². The zero-order valence-corrected chi connectivity index (χ0v) is 23.8. The van der Waals surface area contributed by atoms with Crippen molar-refractivity contribution in [2.24, 2.45) is 0 Å². The fourth-order valence-electron chi connectivity index (χ4n) is 5.84. The molecule has 0 unspecified atom stereocenters. The first kappa shape index (κ1) is 26.6. The highest BCUT2D eigenvalue weighted by molar-refractivity contribution is 7.89. The minimum Gasteiger partial charge on any atom is -0.495 e. The first-order valence-corrected chi connectivity index (χ1v) is 15.7. The van der Waals surface area contributed by atoms with Gasteiger partial charge in [0.2, 0.25) is 16.0 Å². The number of hydrogen-bond acceptors (Lipinski definition) is 8. The van der Waals surface area contributed by atoms with E-state index in [0.717, 1.165) is 44.2 Å². The zero-order chi connectivity index (χ0) is 27.0. The molecule has 0 bridgehead atoms. The summed E-state index contributed by atoms with van der Waals surface area (Å²) in [7, 11) is -2.11. The Morgan fingerprint density at radius 3 is 2.49 bits per heavy atom. The number of ether oxygens (including phenoxy) is 1. The molecule has 0 radical (unpaired) electrons. The second-order valence-corrected chi connectivity index (χ2v) is 13.1. The average Bonchev–Trinajstić information content (AvgIpc) is 3.31. The highest BCUT2D eigenvalue weighted by Gasteiger charge is 2.32. The predicted molar refractivity (Wildman–Crippen MR) is 154 cm³/mol. The number of sulfonamides is 1. The third-order valence-electron chi connectivity index (χ3n) is 8.32. The molecular weight excluding hydrogens is 538 g/mol. The minimum atomic E-state index is -3.64. The molecule has 1 saturated carbocycles. The van der Waals surface area contributed by atoms with E-state index in [9.17, 15) is 8.42 Å². The summed E-state index contributed by atoms with van der Waals surface area (Å²) in [5, 5.41) is 8.01. The van der Waals surface area contributed by atoms with E-state index in [-0.39, 0.29) is 4.90 Å². The first-order valence-electron chi connectivity index (χ1n) is 13.9. The van der Waals surface area contributed by atoms with Gasteiger partial charge in [0.15, 0.2) is 0 Å². The summed E-state index contributed by atoms with van der Waals surface area (Å²) >= 11 is 6.40. The molecule has 1 aliphatic carbocycles. The molecule has 210 valence electrons. The van der Waals surface area contributed by atoms with Crippen LogP contribution >= 0.6 is 11.6 Å². The Morgan fingerprint density at radius 1 is 1.03 bits per heavy atom. The average molecular weight is 574 g/mol. The molecular formula is C27H36ClN7O3S. The molecule has 3 aromatic rings. The number of anilines is 3. The van der Waals surface area contributed by atoms with Gasteiger partial charge in [-0.3, -0.25) is 0 Å². The van der Waals surface area contributed by atoms with Crippen LogP contribution in [-0.4, -0.2) is 77.9 Å². The molecule has 2 aromatic heterocycles. The van der Waals surface area contributed by atoms with Gasteiger partial charge in [0.25, 0.3) is 0 Å². The molecule has 3 N–H and O–H groups in total. The number of nitrogens with one attached hydrogen (secondary N) is 3. The number of nitrogens with zero attached hydrogens (tertiary/aromatic N) is 4. The normalized spacial score (nSPS) is 20.2. The van der Waals surface area contributed by atoms with E-state index < -0.39 is 10.0 Å². The summed E-state index contributed by atoms with van der Waals surface area (Å²) in [6, 6.07) is 5.75. The van der Waals surface area contributed by atoms with Gasteiger partial charge in [0, 0.05) is 37.4 Å². The molecule has 12 heteroatoms. The number of halogens is 1. The molecule has 6 rings (SSSR count). The molecule has 2 aliphatic heterocycles. The van der Waals surface area contributed by atoms with Gasteiger partial charge in [-0.2, -0.15) is 14.3 Å². The van der Waals surface area contributed by atoms with Crippen molar-refractivity contribution < 1.29 is 13.2 Å². The Bertz CT molecular complexity index is 1430. The molecule has 0 atom stereocenters. The smallest absolute Gasteiger partial charge is 0.243 e. The summed E-state index contributed by atoms with van der Waals surface area (Å²) in [6.45, 7) is 3.34. The Balaban J connectivity index is 1.19. The molecule has 0 spiro atoms. The lowest BCUT2D eigenvalue weighted by Crippen LogP contribution is -2.48. The quantitative estimate of drug-likeness (QED) is 0.346. The molecule has 2 saturated heterocycles. The van der Waals surface area contributed by atoms with E-state index in [0.29, 0.717) is 59.0 Å². The zero-order valence-electron chi connectivity index (χ0n) is 22.2. The van der Waals surface area contributed by atoms with Gasteiger partial charge in [-0.25, -0.2) is 8.42 Å². The number of aromatic nitrogens is 3. The number of hydrogen-bond donors (Lipinski definition) is 3. The standard InChI is InChI=1S/C27H36ClN7O3S/c1-38-23-16-20(39(36,37)35-14-10-19(11-15-35)34-12-3-2-4-13-34)8-9-22(23)31-27-32-25-24(21(28)17-29-25)26(33-27)30-18-6-5-7-18/h8-9,16-19H,2-7,10-15H2,1H3,(H3,29,30,31,32,33). The molecule has 3 aliphatic rings. The van der Waals surface area contributed by atoms with Gasteiger partial charge in [-0.05, 0) is 70.2 Å². The number of rotatable bonds is 8. The third-order valence-corrected chi connectivity index (χ3v) is 10.5. The van der Waals surface area contributed by atoms with Crippen LogP contribution in [0.1, 0.15) is 51.4 Å². The Hall–Kier alpha value is -2.60. The lowest BCUT2D eigenvalue weighted by molar-refractivity contribution is 0.118. The van der Waals surface area contributed by atoms with Crippen LogP contribution in [-0.2, 0) is 10.0 Å². The van der Waals surface area contributed by atoms with Crippen molar-refractivity contribution in [3.05, 3.63) is 29.4 Å². The predicted octanol–water partition coefficient (Wildman–Crippen LogP) is 4.97. The van der Waals surface area contributed by atoms with E-state index in [1.165, 1.54) is 32.8 Å². The number of likely N-dealkylation sites (tertiary alicyclic amines) is 1. The van der Waals surface area contributed by atoms with Crippen LogP contribution in [0.15, 0.2) is 29.3 Å². The SMILES string of the molecule is COc1cc(S(=O)(=O)N2CCC(N3CCCCC3)CC2)ccc1Nc1nc(NC2CCC2)c2c(Cl)c[nH]c2n1. The maximum atomic E-state index is 13.5. The number of H-pyrrole nitrogens is 1. The van der Waals surface area contributed by atoms with Crippen molar-refractivity contribution in [3.63, 3.8) is 0 Å². The largest absolute Gasteiger partial charge is 0.495 e. The third kappa shape index (κ3) is 5.41. The van der Waals surface area contributed by atoms with E-state index in [1.807, 2.05) is 0 Å². The van der Waals surface area contributed by atoms with Crippen LogP contribution in [0.3, 0.4) is 0 Å². The van der Waals surface area contributed by atoms with Crippen LogP contribution in [0.25, 0.3) is 11.0 Å². The van der Waals surface area contributed by atoms with E-state index in [1.54, 1.807) is 28.7 Å². The molecule has 0 amide bonds. The van der Waals surface area contributed by atoms with Gasteiger partial charge in [-0.15, -0.1) is 0 Å². The van der Waals surface area contributed by atoms with Crippen molar-refractivity contribution in [1.82, 2.24) is 24.2 Å². The maximum Gasteiger partial charge on any atom is 0.243 e. The van der Waals surface area contributed by atoms with E-state index >= 15 is 0 Å². The van der Waals surface area contributed by atoms with Gasteiger partial charge in [-0.1, -0.05) is 18.0 Å². The Morgan fingerprint density at radius 2 is 1.79 bits per heavy atom. The van der Waals surface area contributed by atoms with E-state index in [2.05, 4.69) is 25.5 Å². The van der Waals surface area contributed by atoms with Gasteiger partial charge < -0.3 is 25.3 Å². The van der Waals surface area contributed by atoms with Crippen molar-refractivity contribution in [2.45, 2.75) is 68.3 Å². The second-order valence-electron chi connectivity index (χ2n) is 10.7. The summed E-state index contributed by atoms with van der Waals surface area (Å²) in [4.78, 5) is 15.1. The highest BCUT2D eigenvalue weighted by Crippen LogP contribution is 2.35. The monoisotopic (exact) mass is 573 g/mol. The maximum absolute atomic E-state index is 13.5. The van der Waals surface area contributed by atoms with Crippen molar-refractivity contribution >= 4 is 50.1 Å². The summed E-state index contributed by atoms with van der Waals surface area (Å²) in [5.74, 6) is 1.43. The Kier molecular flexibility index (Phi) is 7.58. The van der Waals surface area contributed by atoms with Crippen LogP contribution in [0.2, 0.25) is 5.02 Å². The minimum absolute atomic E-state index is 0.223. The molecule has 4 heterocycles. The van der Waals surface area contributed by atoms with Crippen molar-refractivity contribution in [3.8, 4) is 5.75 Å². The van der Waals surface area contributed by atoms with Crippen molar-refractivity contribution in [1.29, 1.82) is 0 Å². The number of aromatic amines is 1. The molecule has 10 nitrogen and oxygen atoms in total. The number of piperidine rings is 2. The summed E-state index contributed by atoms with van der Waals surface area (Å²) < 4.78 is 34.3. The van der Waals surface area contributed by atoms with Gasteiger partial charge >= 0.3 is 0 Å². The van der Waals surface area contributed by atoms with E-state index in [4.69, 9.17) is 21.3 Å².